The van der Waals surface area contributed by atoms with Crippen molar-refractivity contribution in [2.75, 3.05) is 13.7 Å². The molecule has 29 heavy (non-hydrogen) atoms. The number of aryl methyl sites for hydroxylation is 1. The second kappa shape index (κ2) is 8.52. The fourth-order valence-corrected chi connectivity index (χ4v) is 3.93. The highest BCUT2D eigenvalue weighted by molar-refractivity contribution is 7.20. The normalized spacial score (nSPS) is 10.9. The van der Waals surface area contributed by atoms with Crippen LogP contribution >= 0.6 is 11.3 Å². The lowest BCUT2D eigenvalue weighted by molar-refractivity contribution is -0.131. The third-order valence-electron chi connectivity index (χ3n) is 4.47. The number of esters is 1. The summed E-state index contributed by atoms with van der Waals surface area (Å²) in [6.45, 7) is 3.43. The molecule has 0 saturated heterocycles. The van der Waals surface area contributed by atoms with E-state index in [0.29, 0.717) is 26.2 Å². The van der Waals surface area contributed by atoms with Crippen LogP contribution in [-0.4, -0.2) is 40.0 Å². The molecular weight excluding hydrogens is 397 g/mol. The first kappa shape index (κ1) is 20.7. The lowest BCUT2D eigenvalue weighted by Crippen LogP contribution is -2.34. The SMILES string of the molecule is CCOC(=O)c1sc2ncn(CC(=O)N(C)Cc3ccccc3F)c(=O)c2c1C. The molecule has 7 nitrogen and oxygen atoms in total. The minimum Gasteiger partial charge on any atom is -0.462 e. The van der Waals surface area contributed by atoms with Gasteiger partial charge in [0.05, 0.1) is 18.3 Å². The molecule has 0 radical (unpaired) electrons. The number of benzene rings is 1. The number of nitrogens with zero attached hydrogens (tertiary/aromatic N) is 3. The zero-order valence-corrected chi connectivity index (χ0v) is 17.1. The van der Waals surface area contributed by atoms with Gasteiger partial charge in [0.1, 0.15) is 22.1 Å². The predicted octanol–water partition coefficient (Wildman–Crippen LogP) is 2.74. The van der Waals surface area contributed by atoms with Crippen LogP contribution in [0.3, 0.4) is 0 Å². The number of carbonyl (C=O) groups is 2. The average molecular weight is 417 g/mol. The van der Waals surface area contributed by atoms with Crippen molar-refractivity contribution in [1.29, 1.82) is 0 Å². The van der Waals surface area contributed by atoms with Gasteiger partial charge in [-0.2, -0.15) is 0 Å². The van der Waals surface area contributed by atoms with E-state index >= 15 is 0 Å². The second-order valence-corrected chi connectivity index (χ2v) is 7.47. The van der Waals surface area contributed by atoms with Gasteiger partial charge < -0.3 is 9.64 Å². The fourth-order valence-electron chi connectivity index (χ4n) is 2.90. The highest BCUT2D eigenvalue weighted by Gasteiger charge is 2.21. The number of halogens is 1. The maximum Gasteiger partial charge on any atom is 0.348 e. The molecule has 0 bridgehead atoms. The molecule has 3 rings (SSSR count). The summed E-state index contributed by atoms with van der Waals surface area (Å²) in [5.41, 5.74) is 0.464. The minimum atomic E-state index is -0.500. The summed E-state index contributed by atoms with van der Waals surface area (Å²) in [7, 11) is 1.54. The van der Waals surface area contributed by atoms with Gasteiger partial charge in [-0.25, -0.2) is 14.2 Å². The topological polar surface area (TPSA) is 81.5 Å². The number of likely N-dealkylation sites (N-methyl/N-ethyl adjacent to an activating group) is 1. The highest BCUT2D eigenvalue weighted by Crippen LogP contribution is 2.27. The molecule has 0 saturated carbocycles. The van der Waals surface area contributed by atoms with Crippen LogP contribution in [0, 0.1) is 12.7 Å². The number of hydrogen-bond acceptors (Lipinski definition) is 6. The Morgan fingerprint density at radius 3 is 2.72 bits per heavy atom. The van der Waals surface area contributed by atoms with Crippen LogP contribution in [0.25, 0.3) is 10.2 Å². The van der Waals surface area contributed by atoms with Crippen molar-refractivity contribution in [1.82, 2.24) is 14.5 Å². The smallest absolute Gasteiger partial charge is 0.348 e. The lowest BCUT2D eigenvalue weighted by atomic mass is 10.2. The Hall–Kier alpha value is -3.07. The van der Waals surface area contributed by atoms with Crippen molar-refractivity contribution in [2.24, 2.45) is 0 Å². The molecule has 0 spiro atoms. The molecule has 9 heteroatoms. The quantitative estimate of drug-likeness (QED) is 0.576. The molecular formula is C20H20FN3O4S. The summed E-state index contributed by atoms with van der Waals surface area (Å²) in [6.07, 6.45) is 1.28. The van der Waals surface area contributed by atoms with Gasteiger partial charge in [0.2, 0.25) is 5.91 Å². The van der Waals surface area contributed by atoms with Gasteiger partial charge in [-0.15, -0.1) is 11.3 Å². The van der Waals surface area contributed by atoms with Gasteiger partial charge >= 0.3 is 5.97 Å². The number of hydrogen-bond donors (Lipinski definition) is 0. The van der Waals surface area contributed by atoms with Crippen LogP contribution < -0.4 is 5.56 Å². The number of aromatic nitrogens is 2. The van der Waals surface area contributed by atoms with Gasteiger partial charge in [-0.1, -0.05) is 18.2 Å². The first-order valence-corrected chi connectivity index (χ1v) is 9.78. The molecule has 0 aliphatic rings. The number of fused-ring (bicyclic) bond motifs is 1. The minimum absolute atomic E-state index is 0.0837. The van der Waals surface area contributed by atoms with Crippen molar-refractivity contribution < 1.29 is 18.7 Å². The van der Waals surface area contributed by atoms with Crippen molar-refractivity contribution in [3.05, 3.63) is 62.8 Å². The highest BCUT2D eigenvalue weighted by atomic mass is 32.1. The van der Waals surface area contributed by atoms with E-state index in [0.717, 1.165) is 11.3 Å². The van der Waals surface area contributed by atoms with E-state index in [4.69, 9.17) is 4.74 Å². The summed E-state index contributed by atoms with van der Waals surface area (Å²) in [5.74, 6) is -1.26. The van der Waals surface area contributed by atoms with Crippen molar-refractivity contribution in [3.63, 3.8) is 0 Å². The Balaban J connectivity index is 1.84. The van der Waals surface area contributed by atoms with E-state index in [2.05, 4.69) is 4.98 Å². The van der Waals surface area contributed by atoms with Crippen molar-refractivity contribution >= 4 is 33.4 Å². The number of carbonyl (C=O) groups excluding carboxylic acids is 2. The summed E-state index contributed by atoms with van der Waals surface area (Å²) in [4.78, 5) is 43.8. The summed E-state index contributed by atoms with van der Waals surface area (Å²) < 4.78 is 20.0. The molecule has 2 heterocycles. The fraction of sp³-hybridized carbons (Fsp3) is 0.300. The van der Waals surface area contributed by atoms with Gasteiger partial charge in [0, 0.05) is 19.2 Å². The monoisotopic (exact) mass is 417 g/mol. The van der Waals surface area contributed by atoms with Crippen molar-refractivity contribution in [2.45, 2.75) is 26.9 Å². The Morgan fingerprint density at radius 2 is 2.03 bits per heavy atom. The maximum atomic E-state index is 13.8. The zero-order valence-electron chi connectivity index (χ0n) is 16.3. The van der Waals surface area contributed by atoms with Gasteiger partial charge in [0.15, 0.2) is 0 Å². The first-order valence-electron chi connectivity index (χ1n) is 8.96. The first-order chi connectivity index (χ1) is 13.8. The zero-order chi connectivity index (χ0) is 21.1. The number of thiophene rings is 1. The van der Waals surface area contributed by atoms with Crippen molar-refractivity contribution in [3.8, 4) is 0 Å². The lowest BCUT2D eigenvalue weighted by Gasteiger charge is -2.18. The number of amides is 1. The van der Waals surface area contributed by atoms with E-state index < -0.39 is 17.3 Å². The van der Waals surface area contributed by atoms with E-state index in [1.54, 1.807) is 39.1 Å². The van der Waals surface area contributed by atoms with Crippen LogP contribution in [0.2, 0.25) is 0 Å². The molecule has 0 unspecified atom stereocenters. The van der Waals surface area contributed by atoms with E-state index in [1.807, 2.05) is 0 Å². The van der Waals surface area contributed by atoms with Crippen LogP contribution in [0.1, 0.15) is 27.7 Å². The summed E-state index contributed by atoms with van der Waals surface area (Å²) in [6, 6.07) is 6.20. The molecule has 0 N–H and O–H groups in total. The molecule has 0 aliphatic heterocycles. The van der Waals surface area contributed by atoms with Crippen LogP contribution in [-0.2, 0) is 22.6 Å². The second-order valence-electron chi connectivity index (χ2n) is 6.48. The summed E-state index contributed by atoms with van der Waals surface area (Å²) in [5, 5.41) is 0.296. The molecule has 0 fully saturated rings. The van der Waals surface area contributed by atoms with Crippen LogP contribution in [0.15, 0.2) is 35.4 Å². The molecule has 3 aromatic rings. The number of ether oxygens (including phenoxy) is 1. The van der Waals surface area contributed by atoms with Crippen LogP contribution in [0.5, 0.6) is 0 Å². The Labute approximate surface area is 170 Å². The maximum absolute atomic E-state index is 13.8. The molecule has 2 aromatic heterocycles. The molecule has 1 aromatic carbocycles. The Bertz CT molecular complexity index is 1140. The molecule has 1 amide bonds. The third-order valence-corrected chi connectivity index (χ3v) is 5.65. The molecule has 0 atom stereocenters. The van der Waals surface area contributed by atoms with Gasteiger partial charge in [0.25, 0.3) is 5.56 Å². The molecule has 0 aliphatic carbocycles. The third kappa shape index (κ3) is 4.19. The summed E-state index contributed by atoms with van der Waals surface area (Å²) >= 11 is 1.09. The van der Waals surface area contributed by atoms with Gasteiger partial charge in [-0.3, -0.25) is 14.2 Å². The Morgan fingerprint density at radius 1 is 1.31 bits per heavy atom. The van der Waals surface area contributed by atoms with Gasteiger partial charge in [-0.05, 0) is 25.5 Å². The largest absolute Gasteiger partial charge is 0.462 e. The average Bonchev–Trinajstić information content (AvgIpc) is 3.03. The Kier molecular flexibility index (Phi) is 6.07. The standard InChI is InChI=1S/C20H20FN3O4S/c1-4-28-20(27)17-12(2)16-18(29-17)22-11-24(19(16)26)10-15(25)23(3)9-13-7-5-6-8-14(13)21/h5-8,11H,4,9-10H2,1-3H3. The van der Waals surface area contributed by atoms with Crippen LogP contribution in [0.4, 0.5) is 4.39 Å². The van der Waals surface area contributed by atoms with E-state index in [1.165, 1.54) is 21.9 Å². The molecule has 152 valence electrons. The predicted molar refractivity (Wildman–Crippen MR) is 107 cm³/mol. The van der Waals surface area contributed by atoms with E-state index in [9.17, 15) is 18.8 Å². The number of rotatable bonds is 6. The van der Waals surface area contributed by atoms with E-state index in [-0.39, 0.29) is 25.6 Å².